The highest BCUT2D eigenvalue weighted by atomic mass is 32.1. The lowest BCUT2D eigenvalue weighted by molar-refractivity contribution is 0.0943. The van der Waals surface area contributed by atoms with Gasteiger partial charge < -0.3 is 5.32 Å². The minimum Gasteiger partial charge on any atom is -0.340 e. The molecule has 27 heavy (non-hydrogen) atoms. The number of thiophene rings is 1. The molecule has 7 heteroatoms. The van der Waals surface area contributed by atoms with Gasteiger partial charge in [-0.15, -0.1) is 11.3 Å². The number of hydrogen-bond acceptors (Lipinski definition) is 4. The maximum Gasteiger partial charge on any atom is 0.253 e. The Bertz CT molecular complexity index is 1100. The van der Waals surface area contributed by atoms with E-state index in [1.165, 1.54) is 23.5 Å². The number of amides is 1. The minimum absolute atomic E-state index is 0.240. The number of halogens is 1. The zero-order chi connectivity index (χ0) is 19.0. The summed E-state index contributed by atoms with van der Waals surface area (Å²) in [7, 11) is 1.82. The topological polar surface area (TPSA) is 59.8 Å². The molecule has 0 unspecified atom stereocenters. The Hall–Kier alpha value is -3.06. The third-order valence-electron chi connectivity index (χ3n) is 4.43. The van der Waals surface area contributed by atoms with Crippen LogP contribution in [0.3, 0.4) is 0 Å². The van der Waals surface area contributed by atoms with Gasteiger partial charge in [0.05, 0.1) is 17.3 Å². The van der Waals surface area contributed by atoms with Crippen LogP contribution < -0.4 is 5.32 Å². The highest BCUT2D eigenvalue weighted by Crippen LogP contribution is 2.27. The molecule has 1 amide bonds. The molecule has 5 nitrogen and oxygen atoms in total. The molecule has 0 radical (unpaired) electrons. The van der Waals surface area contributed by atoms with E-state index in [-0.39, 0.29) is 17.8 Å². The fourth-order valence-corrected chi connectivity index (χ4v) is 3.88. The van der Waals surface area contributed by atoms with Gasteiger partial charge in [-0.1, -0.05) is 18.2 Å². The van der Waals surface area contributed by atoms with Gasteiger partial charge in [-0.2, -0.15) is 5.10 Å². The van der Waals surface area contributed by atoms with E-state index in [0.29, 0.717) is 5.56 Å². The second-order valence-electron chi connectivity index (χ2n) is 6.28. The zero-order valence-corrected chi connectivity index (χ0v) is 15.6. The van der Waals surface area contributed by atoms with Crippen LogP contribution in [0, 0.1) is 12.7 Å². The number of fused-ring (bicyclic) bond motifs is 1. The predicted octanol–water partition coefficient (Wildman–Crippen LogP) is 4.00. The second-order valence-corrected chi connectivity index (χ2v) is 7.26. The van der Waals surface area contributed by atoms with Crippen molar-refractivity contribution in [1.82, 2.24) is 20.1 Å². The largest absolute Gasteiger partial charge is 0.340 e. The lowest BCUT2D eigenvalue weighted by atomic mass is 10.0. The first-order valence-electron chi connectivity index (χ1n) is 8.42. The molecule has 0 spiro atoms. The van der Waals surface area contributed by atoms with Crippen LogP contribution in [0.25, 0.3) is 11.0 Å². The molecule has 0 saturated heterocycles. The van der Waals surface area contributed by atoms with Crippen molar-refractivity contribution < 1.29 is 9.18 Å². The molecular formula is C20H17FN4OS. The summed E-state index contributed by atoms with van der Waals surface area (Å²) < 4.78 is 15.0. The molecule has 1 atom stereocenters. The molecule has 0 bridgehead atoms. The zero-order valence-electron chi connectivity index (χ0n) is 14.8. The summed E-state index contributed by atoms with van der Waals surface area (Å²) in [6.07, 6.45) is 1.55. The minimum atomic E-state index is -0.358. The Morgan fingerprint density at radius 2 is 2.04 bits per heavy atom. The molecule has 0 aliphatic rings. The number of nitrogens with zero attached hydrogens (tertiary/aromatic N) is 3. The van der Waals surface area contributed by atoms with Gasteiger partial charge in [0.1, 0.15) is 5.82 Å². The van der Waals surface area contributed by atoms with Gasteiger partial charge in [-0.3, -0.25) is 9.48 Å². The smallest absolute Gasteiger partial charge is 0.253 e. The van der Waals surface area contributed by atoms with Crippen molar-refractivity contribution in [3.63, 3.8) is 0 Å². The first-order valence-corrected chi connectivity index (χ1v) is 9.30. The number of aromatic nitrogens is 3. The molecule has 3 aromatic heterocycles. The first kappa shape index (κ1) is 17.4. The van der Waals surface area contributed by atoms with Crippen molar-refractivity contribution in [3.05, 3.63) is 81.6 Å². The normalized spacial score (nSPS) is 12.3. The van der Waals surface area contributed by atoms with Crippen LogP contribution in [-0.2, 0) is 7.05 Å². The van der Waals surface area contributed by atoms with E-state index in [1.54, 1.807) is 29.1 Å². The van der Waals surface area contributed by atoms with E-state index in [2.05, 4.69) is 15.4 Å². The Labute approximate surface area is 159 Å². The monoisotopic (exact) mass is 380 g/mol. The molecule has 1 aromatic carbocycles. The number of carbonyl (C=O) groups is 1. The van der Waals surface area contributed by atoms with Gasteiger partial charge in [0.15, 0.2) is 5.65 Å². The van der Waals surface area contributed by atoms with Gasteiger partial charge in [0.2, 0.25) is 0 Å². The van der Waals surface area contributed by atoms with Gasteiger partial charge in [0.25, 0.3) is 5.91 Å². The Morgan fingerprint density at radius 3 is 2.74 bits per heavy atom. The summed E-state index contributed by atoms with van der Waals surface area (Å²) in [6.45, 7) is 1.89. The number of rotatable bonds is 4. The van der Waals surface area contributed by atoms with Crippen molar-refractivity contribution in [1.29, 1.82) is 0 Å². The van der Waals surface area contributed by atoms with Crippen molar-refractivity contribution in [2.75, 3.05) is 0 Å². The van der Waals surface area contributed by atoms with Crippen molar-refractivity contribution >= 4 is 28.3 Å². The van der Waals surface area contributed by atoms with E-state index in [4.69, 9.17) is 0 Å². The Morgan fingerprint density at radius 1 is 1.26 bits per heavy atom. The average molecular weight is 380 g/mol. The summed E-state index contributed by atoms with van der Waals surface area (Å²) in [5, 5.41) is 10.2. The number of pyridine rings is 1. The summed E-state index contributed by atoms with van der Waals surface area (Å²) >= 11 is 1.54. The lowest BCUT2D eigenvalue weighted by Gasteiger charge is -2.18. The molecule has 0 fully saturated rings. The predicted molar refractivity (Wildman–Crippen MR) is 103 cm³/mol. The maximum atomic E-state index is 13.3. The van der Waals surface area contributed by atoms with Gasteiger partial charge >= 0.3 is 0 Å². The number of hydrogen-bond donors (Lipinski definition) is 1. The summed E-state index contributed by atoms with van der Waals surface area (Å²) in [5.74, 6) is -0.549. The molecule has 0 aliphatic heterocycles. The summed E-state index contributed by atoms with van der Waals surface area (Å²) in [5.41, 5.74) is 2.83. The SMILES string of the molecule is Cc1nn(C)c2ncc(C(=O)N[C@H](c3ccc(F)cc3)c3cccs3)cc12. The van der Waals surface area contributed by atoms with Crippen LogP contribution in [-0.4, -0.2) is 20.7 Å². The fourth-order valence-electron chi connectivity index (χ4n) is 3.08. The molecule has 0 aliphatic carbocycles. The van der Waals surface area contributed by atoms with Crippen LogP contribution in [0.15, 0.2) is 54.0 Å². The van der Waals surface area contributed by atoms with Crippen molar-refractivity contribution in [3.8, 4) is 0 Å². The van der Waals surface area contributed by atoms with Crippen LogP contribution in [0.1, 0.15) is 32.5 Å². The molecule has 4 aromatic rings. The first-order chi connectivity index (χ1) is 13.0. The third-order valence-corrected chi connectivity index (χ3v) is 5.37. The molecule has 136 valence electrons. The Balaban J connectivity index is 1.67. The van der Waals surface area contributed by atoms with E-state index in [1.807, 2.05) is 31.5 Å². The summed E-state index contributed by atoms with van der Waals surface area (Å²) in [4.78, 5) is 18.2. The molecule has 4 rings (SSSR count). The number of aryl methyl sites for hydroxylation is 2. The Kier molecular flexibility index (Phi) is 4.45. The molecule has 0 saturated carbocycles. The van der Waals surface area contributed by atoms with Crippen molar-refractivity contribution in [2.24, 2.45) is 7.05 Å². The highest BCUT2D eigenvalue weighted by molar-refractivity contribution is 7.10. The maximum absolute atomic E-state index is 13.3. The van der Waals surface area contributed by atoms with Crippen LogP contribution in [0.4, 0.5) is 4.39 Å². The summed E-state index contributed by atoms with van der Waals surface area (Å²) in [6, 6.07) is 11.5. The van der Waals surface area contributed by atoms with Crippen molar-refractivity contribution in [2.45, 2.75) is 13.0 Å². The standard InChI is InChI=1S/C20H17FN4OS/c1-12-16-10-14(11-22-19(16)25(2)24-12)20(26)23-18(17-4-3-9-27-17)13-5-7-15(21)8-6-13/h3-11,18H,1-2H3,(H,23,26)/t18-/m1/s1. The van der Waals surface area contributed by atoms with Gasteiger partial charge in [-0.05, 0) is 42.1 Å². The second kappa shape index (κ2) is 6.92. The van der Waals surface area contributed by atoms with E-state index in [0.717, 1.165) is 27.2 Å². The average Bonchev–Trinajstić information content (AvgIpc) is 3.29. The van der Waals surface area contributed by atoms with Crippen LogP contribution in [0.2, 0.25) is 0 Å². The van der Waals surface area contributed by atoms with Crippen LogP contribution >= 0.6 is 11.3 Å². The van der Waals surface area contributed by atoms with Gasteiger partial charge in [-0.25, -0.2) is 9.37 Å². The van der Waals surface area contributed by atoms with Crippen LogP contribution in [0.5, 0.6) is 0 Å². The van der Waals surface area contributed by atoms with Gasteiger partial charge in [0, 0.05) is 23.5 Å². The van der Waals surface area contributed by atoms with E-state index >= 15 is 0 Å². The number of benzene rings is 1. The molecule has 3 heterocycles. The quantitative estimate of drug-likeness (QED) is 0.582. The molecular weight excluding hydrogens is 363 g/mol. The number of nitrogens with one attached hydrogen (secondary N) is 1. The van der Waals surface area contributed by atoms with E-state index < -0.39 is 0 Å². The molecule has 1 N–H and O–H groups in total. The fraction of sp³-hybridized carbons (Fsp3) is 0.150. The van der Waals surface area contributed by atoms with E-state index in [9.17, 15) is 9.18 Å². The lowest BCUT2D eigenvalue weighted by Crippen LogP contribution is -2.29. The third kappa shape index (κ3) is 3.33. The number of carbonyl (C=O) groups excluding carboxylic acids is 1. The highest BCUT2D eigenvalue weighted by Gasteiger charge is 2.20.